The fourth-order valence-electron chi connectivity index (χ4n) is 2.03. The van der Waals surface area contributed by atoms with Gasteiger partial charge in [0.2, 0.25) is 0 Å². The van der Waals surface area contributed by atoms with Crippen LogP contribution in [0.1, 0.15) is 5.56 Å². The Morgan fingerprint density at radius 3 is 2.37 bits per heavy atom. The van der Waals surface area contributed by atoms with Gasteiger partial charge in [0.1, 0.15) is 12.4 Å². The molecular weight excluding hydrogens is 300 g/mol. The zero-order valence-corrected chi connectivity index (χ0v) is 11.9. The SMILES string of the molecule is Brc1ccccc1COc1ccc2ccccc2c1. The van der Waals surface area contributed by atoms with E-state index < -0.39 is 0 Å². The Balaban J connectivity index is 1.80. The van der Waals surface area contributed by atoms with Crippen LogP contribution in [0.2, 0.25) is 0 Å². The van der Waals surface area contributed by atoms with Crippen molar-refractivity contribution in [3.05, 3.63) is 76.8 Å². The summed E-state index contributed by atoms with van der Waals surface area (Å²) in [6.07, 6.45) is 0. The molecule has 0 bridgehead atoms. The molecule has 2 heteroatoms. The second-order valence-corrected chi connectivity index (χ2v) is 5.24. The van der Waals surface area contributed by atoms with E-state index in [1.165, 1.54) is 10.8 Å². The maximum Gasteiger partial charge on any atom is 0.120 e. The molecule has 0 heterocycles. The van der Waals surface area contributed by atoms with Crippen molar-refractivity contribution >= 4 is 26.7 Å². The van der Waals surface area contributed by atoms with Gasteiger partial charge < -0.3 is 4.74 Å². The fourth-order valence-corrected chi connectivity index (χ4v) is 2.43. The van der Waals surface area contributed by atoms with E-state index in [2.05, 4.69) is 46.3 Å². The smallest absolute Gasteiger partial charge is 0.120 e. The Labute approximate surface area is 121 Å². The highest BCUT2D eigenvalue weighted by Crippen LogP contribution is 2.23. The summed E-state index contributed by atoms with van der Waals surface area (Å²) in [6, 6.07) is 22.6. The summed E-state index contributed by atoms with van der Waals surface area (Å²) in [6.45, 7) is 0.569. The van der Waals surface area contributed by atoms with Crippen molar-refractivity contribution in [2.24, 2.45) is 0 Å². The normalized spacial score (nSPS) is 10.6. The van der Waals surface area contributed by atoms with E-state index in [0.29, 0.717) is 6.61 Å². The van der Waals surface area contributed by atoms with Crippen LogP contribution in [0.25, 0.3) is 10.8 Å². The molecule has 0 fully saturated rings. The number of benzene rings is 3. The molecule has 19 heavy (non-hydrogen) atoms. The van der Waals surface area contributed by atoms with Crippen LogP contribution in [-0.4, -0.2) is 0 Å². The van der Waals surface area contributed by atoms with Gasteiger partial charge in [0, 0.05) is 10.0 Å². The molecule has 0 aliphatic rings. The average molecular weight is 313 g/mol. The van der Waals surface area contributed by atoms with Crippen LogP contribution in [0.4, 0.5) is 0 Å². The summed E-state index contributed by atoms with van der Waals surface area (Å²) >= 11 is 3.53. The minimum Gasteiger partial charge on any atom is -0.489 e. The molecule has 0 aromatic heterocycles. The Kier molecular flexibility index (Phi) is 3.51. The van der Waals surface area contributed by atoms with Crippen LogP contribution < -0.4 is 4.74 Å². The van der Waals surface area contributed by atoms with Crippen LogP contribution in [-0.2, 0) is 6.61 Å². The molecule has 0 atom stereocenters. The lowest BCUT2D eigenvalue weighted by molar-refractivity contribution is 0.306. The van der Waals surface area contributed by atoms with Crippen molar-refractivity contribution in [3.8, 4) is 5.75 Å². The minimum atomic E-state index is 0.569. The van der Waals surface area contributed by atoms with Crippen molar-refractivity contribution in [3.63, 3.8) is 0 Å². The van der Waals surface area contributed by atoms with E-state index in [1.807, 2.05) is 36.4 Å². The first-order valence-electron chi connectivity index (χ1n) is 6.18. The van der Waals surface area contributed by atoms with Gasteiger partial charge >= 0.3 is 0 Å². The third-order valence-electron chi connectivity index (χ3n) is 3.07. The molecule has 0 N–H and O–H groups in total. The zero-order valence-electron chi connectivity index (χ0n) is 10.3. The Hall–Kier alpha value is -1.80. The molecule has 3 rings (SSSR count). The van der Waals surface area contributed by atoms with Gasteiger partial charge in [0.05, 0.1) is 0 Å². The predicted octanol–water partition coefficient (Wildman–Crippen LogP) is 5.18. The van der Waals surface area contributed by atoms with Gasteiger partial charge in [-0.3, -0.25) is 0 Å². The first kappa shape index (κ1) is 12.2. The number of halogens is 1. The molecule has 3 aromatic carbocycles. The molecule has 0 saturated heterocycles. The van der Waals surface area contributed by atoms with Crippen molar-refractivity contribution in [1.82, 2.24) is 0 Å². The highest BCUT2D eigenvalue weighted by atomic mass is 79.9. The van der Waals surface area contributed by atoms with E-state index in [-0.39, 0.29) is 0 Å². The predicted molar refractivity (Wildman–Crippen MR) is 82.4 cm³/mol. The third kappa shape index (κ3) is 2.79. The van der Waals surface area contributed by atoms with Crippen molar-refractivity contribution in [1.29, 1.82) is 0 Å². The van der Waals surface area contributed by atoms with Gasteiger partial charge in [-0.05, 0) is 29.0 Å². The molecular formula is C17H13BrO. The van der Waals surface area contributed by atoms with E-state index in [1.54, 1.807) is 0 Å². The molecule has 0 aliphatic heterocycles. The van der Waals surface area contributed by atoms with Gasteiger partial charge in [-0.15, -0.1) is 0 Å². The number of fused-ring (bicyclic) bond motifs is 1. The number of ether oxygens (including phenoxy) is 1. The summed E-state index contributed by atoms with van der Waals surface area (Å²) in [5.74, 6) is 0.898. The minimum absolute atomic E-state index is 0.569. The van der Waals surface area contributed by atoms with Crippen molar-refractivity contribution in [2.45, 2.75) is 6.61 Å². The lowest BCUT2D eigenvalue weighted by Gasteiger charge is -2.08. The maximum atomic E-state index is 5.85. The highest BCUT2D eigenvalue weighted by Gasteiger charge is 2.01. The third-order valence-corrected chi connectivity index (χ3v) is 3.85. The second kappa shape index (κ2) is 5.45. The zero-order chi connectivity index (χ0) is 13.1. The van der Waals surface area contributed by atoms with E-state index in [4.69, 9.17) is 4.74 Å². The molecule has 0 unspecified atom stereocenters. The molecule has 0 amide bonds. The summed E-state index contributed by atoms with van der Waals surface area (Å²) in [4.78, 5) is 0. The Morgan fingerprint density at radius 1 is 0.789 bits per heavy atom. The lowest BCUT2D eigenvalue weighted by atomic mass is 10.1. The summed E-state index contributed by atoms with van der Waals surface area (Å²) < 4.78 is 6.93. The van der Waals surface area contributed by atoms with Crippen LogP contribution in [0.5, 0.6) is 5.75 Å². The highest BCUT2D eigenvalue weighted by molar-refractivity contribution is 9.10. The van der Waals surface area contributed by atoms with Crippen LogP contribution in [0, 0.1) is 0 Å². The van der Waals surface area contributed by atoms with Crippen molar-refractivity contribution in [2.75, 3.05) is 0 Å². The van der Waals surface area contributed by atoms with Gasteiger partial charge in [-0.1, -0.05) is 64.5 Å². The van der Waals surface area contributed by atoms with Crippen LogP contribution >= 0.6 is 15.9 Å². The first-order chi connectivity index (χ1) is 9.33. The number of hydrogen-bond donors (Lipinski definition) is 0. The van der Waals surface area contributed by atoms with E-state index in [0.717, 1.165) is 15.8 Å². The molecule has 1 nitrogen and oxygen atoms in total. The lowest BCUT2D eigenvalue weighted by Crippen LogP contribution is -1.96. The summed E-state index contributed by atoms with van der Waals surface area (Å²) in [5.41, 5.74) is 1.15. The quantitative estimate of drug-likeness (QED) is 0.647. The van der Waals surface area contributed by atoms with Crippen LogP contribution in [0.3, 0.4) is 0 Å². The maximum absolute atomic E-state index is 5.85. The van der Waals surface area contributed by atoms with Gasteiger partial charge in [-0.2, -0.15) is 0 Å². The van der Waals surface area contributed by atoms with E-state index >= 15 is 0 Å². The molecule has 94 valence electrons. The van der Waals surface area contributed by atoms with Gasteiger partial charge in [0.25, 0.3) is 0 Å². The Bertz CT molecular complexity index is 706. The first-order valence-corrected chi connectivity index (χ1v) is 6.97. The molecule has 0 spiro atoms. The Morgan fingerprint density at radius 2 is 1.53 bits per heavy atom. The van der Waals surface area contributed by atoms with Gasteiger partial charge in [0.15, 0.2) is 0 Å². The summed E-state index contributed by atoms with van der Waals surface area (Å²) in [7, 11) is 0. The fraction of sp³-hybridized carbons (Fsp3) is 0.0588. The van der Waals surface area contributed by atoms with Crippen LogP contribution in [0.15, 0.2) is 71.2 Å². The van der Waals surface area contributed by atoms with E-state index in [9.17, 15) is 0 Å². The summed E-state index contributed by atoms with van der Waals surface area (Å²) in [5, 5.41) is 2.43. The second-order valence-electron chi connectivity index (χ2n) is 4.39. The molecule has 0 radical (unpaired) electrons. The number of hydrogen-bond acceptors (Lipinski definition) is 1. The monoisotopic (exact) mass is 312 g/mol. The topological polar surface area (TPSA) is 9.23 Å². The standard InChI is InChI=1S/C17H13BrO/c18-17-8-4-3-7-15(17)12-19-16-10-9-13-5-1-2-6-14(13)11-16/h1-11H,12H2. The molecule has 0 saturated carbocycles. The average Bonchev–Trinajstić information content (AvgIpc) is 2.46. The number of rotatable bonds is 3. The van der Waals surface area contributed by atoms with Gasteiger partial charge in [-0.25, -0.2) is 0 Å². The largest absolute Gasteiger partial charge is 0.489 e. The molecule has 0 aliphatic carbocycles. The van der Waals surface area contributed by atoms with Crippen molar-refractivity contribution < 1.29 is 4.74 Å². The molecule has 3 aromatic rings.